The van der Waals surface area contributed by atoms with E-state index >= 15 is 0 Å². The first-order valence-corrected chi connectivity index (χ1v) is 8.54. The molecule has 1 N–H and O–H groups in total. The zero-order chi connectivity index (χ0) is 17.8. The van der Waals surface area contributed by atoms with Crippen LogP contribution in [0.2, 0.25) is 10.0 Å². The van der Waals surface area contributed by atoms with Gasteiger partial charge in [-0.2, -0.15) is 0 Å². The van der Waals surface area contributed by atoms with Crippen molar-refractivity contribution in [2.24, 2.45) is 0 Å². The standard InChI is InChI=1S/C18H17Cl2N3O2/c1-23(11-17-21-15-4-2-3-5-16(15)22-17)18(24)25-9-8-12-6-7-13(19)10-14(12)20/h2-7,10H,8-9,11H2,1H3,(H,21,22). The quantitative estimate of drug-likeness (QED) is 0.701. The molecule has 2 aromatic carbocycles. The molecule has 0 aliphatic heterocycles. The number of H-pyrrole nitrogens is 1. The first-order valence-electron chi connectivity index (χ1n) is 7.78. The lowest BCUT2D eigenvalue weighted by Gasteiger charge is -2.15. The first kappa shape index (κ1) is 17.6. The second-order valence-corrected chi connectivity index (χ2v) is 6.50. The van der Waals surface area contributed by atoms with Crippen LogP contribution in [0, 0.1) is 0 Å². The van der Waals surface area contributed by atoms with E-state index in [0.29, 0.717) is 28.8 Å². The van der Waals surface area contributed by atoms with Gasteiger partial charge in [-0.25, -0.2) is 9.78 Å². The van der Waals surface area contributed by atoms with Crippen molar-refractivity contribution in [3.05, 3.63) is 63.9 Å². The molecular formula is C18H17Cl2N3O2. The van der Waals surface area contributed by atoms with Gasteiger partial charge in [-0.05, 0) is 29.8 Å². The van der Waals surface area contributed by atoms with Crippen molar-refractivity contribution in [3.8, 4) is 0 Å². The van der Waals surface area contributed by atoms with E-state index in [-0.39, 0.29) is 6.61 Å². The summed E-state index contributed by atoms with van der Waals surface area (Å²) in [6.45, 7) is 0.583. The third-order valence-corrected chi connectivity index (χ3v) is 4.34. The SMILES string of the molecule is CN(Cc1nc2ccccc2[nH]1)C(=O)OCCc1ccc(Cl)cc1Cl. The summed E-state index contributed by atoms with van der Waals surface area (Å²) in [6, 6.07) is 13.0. The van der Waals surface area contributed by atoms with Gasteiger partial charge in [0.25, 0.3) is 0 Å². The molecule has 1 heterocycles. The summed E-state index contributed by atoms with van der Waals surface area (Å²) in [5.74, 6) is 0.710. The first-order chi connectivity index (χ1) is 12.0. The van der Waals surface area contributed by atoms with Crippen LogP contribution in [0.25, 0.3) is 11.0 Å². The van der Waals surface area contributed by atoms with Crippen molar-refractivity contribution >= 4 is 40.3 Å². The molecule has 7 heteroatoms. The zero-order valence-corrected chi connectivity index (χ0v) is 15.1. The van der Waals surface area contributed by atoms with E-state index in [1.165, 1.54) is 4.90 Å². The lowest BCUT2D eigenvalue weighted by atomic mass is 10.2. The number of halogens is 2. The second kappa shape index (κ2) is 7.76. The normalized spacial score (nSPS) is 10.8. The number of hydrogen-bond donors (Lipinski definition) is 1. The van der Waals surface area contributed by atoms with E-state index in [4.69, 9.17) is 27.9 Å². The highest BCUT2D eigenvalue weighted by molar-refractivity contribution is 6.35. The Morgan fingerprint density at radius 1 is 1.24 bits per heavy atom. The van der Waals surface area contributed by atoms with Crippen LogP contribution in [0.15, 0.2) is 42.5 Å². The average molecular weight is 378 g/mol. The van der Waals surface area contributed by atoms with Crippen LogP contribution in [0.3, 0.4) is 0 Å². The summed E-state index contributed by atoms with van der Waals surface area (Å²) in [5, 5.41) is 1.15. The van der Waals surface area contributed by atoms with Crippen LogP contribution in [-0.4, -0.2) is 34.6 Å². The molecule has 0 radical (unpaired) electrons. The third kappa shape index (κ3) is 4.44. The predicted octanol–water partition coefficient (Wildman–Crippen LogP) is 4.68. The average Bonchev–Trinajstić information content (AvgIpc) is 2.98. The number of aromatic amines is 1. The molecule has 0 unspecified atom stereocenters. The van der Waals surface area contributed by atoms with Crippen molar-refractivity contribution in [2.45, 2.75) is 13.0 Å². The Hall–Kier alpha value is -2.24. The van der Waals surface area contributed by atoms with E-state index < -0.39 is 6.09 Å². The molecule has 3 aromatic rings. The van der Waals surface area contributed by atoms with Gasteiger partial charge in [0, 0.05) is 23.5 Å². The van der Waals surface area contributed by atoms with Crippen molar-refractivity contribution < 1.29 is 9.53 Å². The van der Waals surface area contributed by atoms with Gasteiger partial charge in [0.15, 0.2) is 0 Å². The van der Waals surface area contributed by atoms with E-state index in [2.05, 4.69) is 9.97 Å². The van der Waals surface area contributed by atoms with Crippen LogP contribution in [0.1, 0.15) is 11.4 Å². The molecule has 5 nitrogen and oxygen atoms in total. The zero-order valence-electron chi connectivity index (χ0n) is 13.6. The molecule has 1 aromatic heterocycles. The maximum atomic E-state index is 12.1. The molecule has 25 heavy (non-hydrogen) atoms. The maximum Gasteiger partial charge on any atom is 0.409 e. The van der Waals surface area contributed by atoms with Crippen LogP contribution in [-0.2, 0) is 17.7 Å². The summed E-state index contributed by atoms with van der Waals surface area (Å²) in [5.41, 5.74) is 2.70. The minimum absolute atomic E-state index is 0.241. The van der Waals surface area contributed by atoms with Crippen LogP contribution in [0.4, 0.5) is 4.79 Å². The molecule has 0 saturated carbocycles. The molecule has 3 rings (SSSR count). The number of carbonyl (C=O) groups is 1. The van der Waals surface area contributed by atoms with E-state index in [1.807, 2.05) is 30.3 Å². The summed E-state index contributed by atoms with van der Waals surface area (Å²) in [4.78, 5) is 21.2. The number of imidazole rings is 1. The molecule has 0 saturated heterocycles. The van der Waals surface area contributed by atoms with Crippen molar-refractivity contribution in [3.63, 3.8) is 0 Å². The number of nitrogens with one attached hydrogen (secondary N) is 1. The third-order valence-electron chi connectivity index (χ3n) is 3.75. The maximum absolute atomic E-state index is 12.1. The van der Waals surface area contributed by atoms with Gasteiger partial charge in [-0.3, -0.25) is 0 Å². The summed E-state index contributed by atoms with van der Waals surface area (Å²) >= 11 is 12.0. The Balaban J connectivity index is 1.52. The van der Waals surface area contributed by atoms with Crippen molar-refractivity contribution in [2.75, 3.05) is 13.7 Å². The molecule has 1 amide bonds. The minimum atomic E-state index is -0.412. The number of aromatic nitrogens is 2. The number of nitrogens with zero attached hydrogens (tertiary/aromatic N) is 2. The lowest BCUT2D eigenvalue weighted by molar-refractivity contribution is 0.109. The largest absolute Gasteiger partial charge is 0.449 e. The van der Waals surface area contributed by atoms with Crippen molar-refractivity contribution in [1.82, 2.24) is 14.9 Å². The Morgan fingerprint density at radius 3 is 2.80 bits per heavy atom. The predicted molar refractivity (Wildman–Crippen MR) is 99.1 cm³/mol. The molecule has 0 aliphatic rings. The molecular weight excluding hydrogens is 361 g/mol. The summed E-state index contributed by atoms with van der Waals surface area (Å²) in [7, 11) is 1.67. The fourth-order valence-electron chi connectivity index (χ4n) is 2.45. The Kier molecular flexibility index (Phi) is 5.46. The second-order valence-electron chi connectivity index (χ2n) is 5.66. The van der Waals surface area contributed by atoms with Crippen molar-refractivity contribution in [1.29, 1.82) is 0 Å². The van der Waals surface area contributed by atoms with Gasteiger partial charge in [-0.15, -0.1) is 0 Å². The molecule has 0 spiro atoms. The highest BCUT2D eigenvalue weighted by Crippen LogP contribution is 2.21. The summed E-state index contributed by atoms with van der Waals surface area (Å²) < 4.78 is 5.29. The van der Waals surface area contributed by atoms with Crippen LogP contribution < -0.4 is 0 Å². The number of benzene rings is 2. The van der Waals surface area contributed by atoms with Crippen LogP contribution >= 0.6 is 23.2 Å². The highest BCUT2D eigenvalue weighted by atomic mass is 35.5. The van der Waals surface area contributed by atoms with Gasteiger partial charge in [0.2, 0.25) is 0 Å². The minimum Gasteiger partial charge on any atom is -0.449 e. The van der Waals surface area contributed by atoms with Gasteiger partial charge in [-0.1, -0.05) is 41.4 Å². The number of hydrogen-bond acceptors (Lipinski definition) is 3. The molecule has 0 atom stereocenters. The topological polar surface area (TPSA) is 58.2 Å². The van der Waals surface area contributed by atoms with Gasteiger partial charge in [0.05, 0.1) is 24.2 Å². The Labute approximate surface area is 155 Å². The Bertz CT molecular complexity index is 862. The summed E-state index contributed by atoms with van der Waals surface area (Å²) in [6.07, 6.45) is 0.116. The van der Waals surface area contributed by atoms with E-state index in [0.717, 1.165) is 16.6 Å². The van der Waals surface area contributed by atoms with Crippen LogP contribution in [0.5, 0.6) is 0 Å². The molecule has 0 fully saturated rings. The highest BCUT2D eigenvalue weighted by Gasteiger charge is 2.13. The fourth-order valence-corrected chi connectivity index (χ4v) is 2.96. The van der Waals surface area contributed by atoms with Gasteiger partial charge < -0.3 is 14.6 Å². The number of para-hydroxylation sites is 2. The van der Waals surface area contributed by atoms with E-state index in [1.54, 1.807) is 19.2 Å². The fraction of sp³-hybridized carbons (Fsp3) is 0.222. The number of rotatable bonds is 5. The number of carbonyl (C=O) groups excluding carboxylic acids is 1. The van der Waals surface area contributed by atoms with Gasteiger partial charge >= 0.3 is 6.09 Å². The number of fused-ring (bicyclic) bond motifs is 1. The lowest BCUT2D eigenvalue weighted by Crippen LogP contribution is -2.28. The number of ether oxygens (including phenoxy) is 1. The molecule has 0 bridgehead atoms. The molecule has 130 valence electrons. The molecule has 0 aliphatic carbocycles. The number of amides is 1. The smallest absolute Gasteiger partial charge is 0.409 e. The Morgan fingerprint density at radius 2 is 2.04 bits per heavy atom. The van der Waals surface area contributed by atoms with Gasteiger partial charge in [0.1, 0.15) is 5.82 Å². The van der Waals surface area contributed by atoms with E-state index in [9.17, 15) is 4.79 Å². The monoisotopic (exact) mass is 377 g/mol.